The number of hydrogen-bond donors (Lipinski definition) is 3. The van der Waals surface area contributed by atoms with E-state index in [9.17, 15) is 0 Å². The van der Waals surface area contributed by atoms with Gasteiger partial charge in [0.25, 0.3) is 0 Å². The number of hydrogen-bond acceptors (Lipinski definition) is 4. The first-order valence-electron chi connectivity index (χ1n) is 4.39. The van der Waals surface area contributed by atoms with Crippen LogP contribution in [0.15, 0.2) is 0 Å². The van der Waals surface area contributed by atoms with Gasteiger partial charge in [-0.2, -0.15) is 0 Å². The summed E-state index contributed by atoms with van der Waals surface area (Å²) in [5, 5.41) is 20.8. The van der Waals surface area contributed by atoms with Crippen LogP contribution in [0.4, 0.5) is 0 Å². The maximum atomic E-state index is 8.88. The van der Waals surface area contributed by atoms with E-state index in [0.29, 0.717) is 12.5 Å². The molecule has 12 heavy (non-hydrogen) atoms. The van der Waals surface area contributed by atoms with Crippen LogP contribution in [0.3, 0.4) is 0 Å². The van der Waals surface area contributed by atoms with Gasteiger partial charge in [0.2, 0.25) is 0 Å². The average molecular weight is 175 g/mol. The second-order valence-corrected chi connectivity index (χ2v) is 3.20. The molecule has 0 unspecified atom stereocenters. The highest BCUT2D eigenvalue weighted by Gasteiger charge is 2.18. The van der Waals surface area contributed by atoms with Crippen LogP contribution >= 0.6 is 0 Å². The molecule has 1 rings (SSSR count). The molecule has 0 aromatic rings. The smallest absolute Gasteiger partial charge is 0.0643 e. The SMILES string of the molecule is OCC[C@@H](CO)CNC1COC1. The molecular formula is C8H17NO3. The molecule has 0 amide bonds. The van der Waals surface area contributed by atoms with Crippen LogP contribution in [0.5, 0.6) is 0 Å². The lowest BCUT2D eigenvalue weighted by molar-refractivity contribution is -0.00792. The molecule has 1 saturated heterocycles. The fourth-order valence-electron chi connectivity index (χ4n) is 1.13. The number of ether oxygens (including phenoxy) is 1. The lowest BCUT2D eigenvalue weighted by Crippen LogP contribution is -2.47. The van der Waals surface area contributed by atoms with Crippen LogP contribution in [0.1, 0.15) is 6.42 Å². The zero-order chi connectivity index (χ0) is 8.81. The van der Waals surface area contributed by atoms with Crippen LogP contribution in [0.25, 0.3) is 0 Å². The van der Waals surface area contributed by atoms with Crippen molar-refractivity contribution in [2.24, 2.45) is 5.92 Å². The highest BCUT2D eigenvalue weighted by atomic mass is 16.5. The van der Waals surface area contributed by atoms with E-state index in [2.05, 4.69) is 5.32 Å². The summed E-state index contributed by atoms with van der Waals surface area (Å²) in [6, 6.07) is 0.456. The van der Waals surface area contributed by atoms with Crippen molar-refractivity contribution in [1.29, 1.82) is 0 Å². The zero-order valence-corrected chi connectivity index (χ0v) is 7.20. The minimum Gasteiger partial charge on any atom is -0.396 e. The molecule has 3 N–H and O–H groups in total. The third-order valence-electron chi connectivity index (χ3n) is 2.13. The van der Waals surface area contributed by atoms with Crippen LogP contribution in [0, 0.1) is 5.92 Å². The van der Waals surface area contributed by atoms with Gasteiger partial charge in [-0.05, 0) is 12.3 Å². The van der Waals surface area contributed by atoms with E-state index in [1.54, 1.807) is 0 Å². The molecule has 4 nitrogen and oxygen atoms in total. The Labute approximate surface area is 72.5 Å². The molecule has 1 aliphatic rings. The van der Waals surface area contributed by atoms with Crippen molar-refractivity contribution in [2.75, 3.05) is 33.0 Å². The Morgan fingerprint density at radius 3 is 2.58 bits per heavy atom. The van der Waals surface area contributed by atoms with Gasteiger partial charge in [0.1, 0.15) is 0 Å². The van der Waals surface area contributed by atoms with E-state index in [4.69, 9.17) is 14.9 Å². The Morgan fingerprint density at radius 1 is 1.42 bits per heavy atom. The minimum absolute atomic E-state index is 0.140. The van der Waals surface area contributed by atoms with E-state index in [-0.39, 0.29) is 19.1 Å². The molecule has 0 radical (unpaired) electrons. The van der Waals surface area contributed by atoms with Gasteiger partial charge in [0.05, 0.1) is 19.3 Å². The van der Waals surface area contributed by atoms with Crippen LogP contribution in [0.2, 0.25) is 0 Å². The molecule has 0 bridgehead atoms. The fourth-order valence-corrected chi connectivity index (χ4v) is 1.13. The summed E-state index contributed by atoms with van der Waals surface area (Å²) in [4.78, 5) is 0. The molecule has 4 heteroatoms. The molecule has 72 valence electrons. The lowest BCUT2D eigenvalue weighted by atomic mass is 10.1. The maximum absolute atomic E-state index is 8.88. The predicted octanol–water partition coefficient (Wildman–Crippen LogP) is -1.03. The fraction of sp³-hybridized carbons (Fsp3) is 1.00. The highest BCUT2D eigenvalue weighted by molar-refractivity contribution is 4.74. The predicted molar refractivity (Wildman–Crippen MR) is 44.9 cm³/mol. The monoisotopic (exact) mass is 175 g/mol. The van der Waals surface area contributed by atoms with Gasteiger partial charge >= 0.3 is 0 Å². The number of aliphatic hydroxyl groups is 2. The van der Waals surface area contributed by atoms with Gasteiger partial charge < -0.3 is 20.3 Å². The summed E-state index contributed by atoms with van der Waals surface area (Å²) in [5.41, 5.74) is 0. The average Bonchev–Trinajstić information content (AvgIpc) is 2.00. The third-order valence-corrected chi connectivity index (χ3v) is 2.13. The van der Waals surface area contributed by atoms with Crippen molar-refractivity contribution in [3.05, 3.63) is 0 Å². The molecular weight excluding hydrogens is 158 g/mol. The Morgan fingerprint density at radius 2 is 2.17 bits per heavy atom. The first-order valence-corrected chi connectivity index (χ1v) is 4.39. The molecule has 1 aliphatic heterocycles. The number of nitrogens with one attached hydrogen (secondary N) is 1. The van der Waals surface area contributed by atoms with Gasteiger partial charge in [-0.3, -0.25) is 0 Å². The van der Waals surface area contributed by atoms with Crippen LogP contribution < -0.4 is 5.32 Å². The van der Waals surface area contributed by atoms with Crippen molar-refractivity contribution >= 4 is 0 Å². The topological polar surface area (TPSA) is 61.7 Å². The largest absolute Gasteiger partial charge is 0.396 e. The van der Waals surface area contributed by atoms with Gasteiger partial charge in [0, 0.05) is 19.8 Å². The first kappa shape index (κ1) is 9.92. The molecule has 0 aliphatic carbocycles. The summed E-state index contributed by atoms with van der Waals surface area (Å²) < 4.78 is 4.99. The van der Waals surface area contributed by atoms with E-state index in [1.165, 1.54) is 0 Å². The summed E-state index contributed by atoms with van der Waals surface area (Å²) in [6.07, 6.45) is 0.664. The Balaban J connectivity index is 2.01. The van der Waals surface area contributed by atoms with Crippen LogP contribution in [-0.4, -0.2) is 49.2 Å². The molecule has 0 aromatic heterocycles. The molecule has 0 aromatic carbocycles. The van der Waals surface area contributed by atoms with Gasteiger partial charge in [-0.15, -0.1) is 0 Å². The second kappa shape index (κ2) is 5.48. The normalized spacial score (nSPS) is 20.5. The Hall–Kier alpha value is -0.160. The lowest BCUT2D eigenvalue weighted by Gasteiger charge is -2.28. The molecule has 1 fully saturated rings. The van der Waals surface area contributed by atoms with E-state index in [1.807, 2.05) is 0 Å². The van der Waals surface area contributed by atoms with Gasteiger partial charge in [-0.1, -0.05) is 0 Å². The van der Waals surface area contributed by atoms with Crippen molar-refractivity contribution < 1.29 is 14.9 Å². The number of rotatable bonds is 6. The van der Waals surface area contributed by atoms with Gasteiger partial charge in [-0.25, -0.2) is 0 Å². The third kappa shape index (κ3) is 3.06. The zero-order valence-electron chi connectivity index (χ0n) is 7.20. The van der Waals surface area contributed by atoms with Crippen molar-refractivity contribution in [2.45, 2.75) is 12.5 Å². The highest BCUT2D eigenvalue weighted by Crippen LogP contribution is 2.03. The summed E-state index contributed by atoms with van der Waals surface area (Å²) in [6.45, 7) is 2.61. The number of aliphatic hydroxyl groups excluding tert-OH is 2. The molecule has 1 atom stereocenters. The summed E-state index contributed by atoms with van der Waals surface area (Å²) >= 11 is 0. The van der Waals surface area contributed by atoms with Crippen molar-refractivity contribution in [3.8, 4) is 0 Å². The molecule has 0 saturated carbocycles. The Kier molecular flexibility index (Phi) is 4.53. The van der Waals surface area contributed by atoms with E-state index in [0.717, 1.165) is 19.8 Å². The van der Waals surface area contributed by atoms with Crippen molar-refractivity contribution in [1.82, 2.24) is 5.32 Å². The maximum Gasteiger partial charge on any atom is 0.0643 e. The summed E-state index contributed by atoms with van der Waals surface area (Å²) in [7, 11) is 0. The van der Waals surface area contributed by atoms with E-state index < -0.39 is 0 Å². The van der Waals surface area contributed by atoms with Gasteiger partial charge in [0.15, 0.2) is 0 Å². The molecule has 0 spiro atoms. The Bertz CT molecular complexity index is 117. The standard InChI is InChI=1S/C8H17NO3/c10-2-1-7(4-11)3-9-8-5-12-6-8/h7-11H,1-6H2/t7-/m1/s1. The van der Waals surface area contributed by atoms with Crippen LogP contribution in [-0.2, 0) is 4.74 Å². The van der Waals surface area contributed by atoms with Crippen molar-refractivity contribution in [3.63, 3.8) is 0 Å². The summed E-state index contributed by atoms with van der Waals surface area (Å²) in [5.74, 6) is 0.176. The second-order valence-electron chi connectivity index (χ2n) is 3.20. The minimum atomic E-state index is 0.140. The quantitative estimate of drug-likeness (QED) is 0.483. The molecule has 1 heterocycles. The first-order chi connectivity index (χ1) is 5.86. The van der Waals surface area contributed by atoms with E-state index >= 15 is 0 Å².